The number of aliphatic carboxylic acids is 1. The van der Waals surface area contributed by atoms with Gasteiger partial charge in [0, 0.05) is 13.1 Å². The Morgan fingerprint density at radius 2 is 1.20 bits per heavy atom. The average molecular weight is 563 g/mol. The molecular formula is C30H46N2O8. The minimum absolute atomic E-state index is 0.273. The van der Waals surface area contributed by atoms with Crippen LogP contribution < -0.4 is 0 Å². The van der Waals surface area contributed by atoms with Crippen LogP contribution in [0.15, 0.2) is 47.6 Å². The summed E-state index contributed by atoms with van der Waals surface area (Å²) in [5.41, 5.74) is 0.818. The lowest BCUT2D eigenvalue weighted by atomic mass is 10.2. The summed E-state index contributed by atoms with van der Waals surface area (Å²) in [6, 6.07) is -1.60. The van der Waals surface area contributed by atoms with Gasteiger partial charge in [0.2, 0.25) is 0 Å². The summed E-state index contributed by atoms with van der Waals surface area (Å²) in [5, 5.41) is 9.09. The monoisotopic (exact) mass is 562 g/mol. The van der Waals surface area contributed by atoms with E-state index in [9.17, 15) is 19.2 Å². The predicted octanol–water partition coefficient (Wildman–Crippen LogP) is 5.64. The van der Waals surface area contributed by atoms with Crippen molar-refractivity contribution < 1.29 is 38.5 Å². The second-order valence-electron chi connectivity index (χ2n) is 11.6. The smallest absolute Gasteiger partial charge is 0.411 e. The number of allylic oxidation sites excluding steroid dienone is 6. The molecule has 2 aliphatic carbocycles. The van der Waals surface area contributed by atoms with E-state index in [4.69, 9.17) is 19.3 Å². The fourth-order valence-electron chi connectivity index (χ4n) is 3.54. The first-order chi connectivity index (χ1) is 18.4. The molecule has 0 saturated carbocycles. The van der Waals surface area contributed by atoms with E-state index in [1.165, 1.54) is 16.7 Å². The van der Waals surface area contributed by atoms with Crippen molar-refractivity contribution in [2.45, 2.75) is 98.4 Å². The molecule has 0 unspecified atom stereocenters. The molecule has 2 atom stereocenters. The zero-order valence-corrected chi connectivity index (χ0v) is 25.4. The van der Waals surface area contributed by atoms with Crippen LogP contribution in [0.3, 0.4) is 0 Å². The Kier molecular flexibility index (Phi) is 13.2. The Morgan fingerprint density at radius 3 is 1.50 bits per heavy atom. The molecule has 224 valence electrons. The van der Waals surface area contributed by atoms with E-state index in [1.54, 1.807) is 55.4 Å². The van der Waals surface area contributed by atoms with Crippen molar-refractivity contribution in [3.8, 4) is 0 Å². The molecule has 1 N–H and O–H groups in total. The highest BCUT2D eigenvalue weighted by atomic mass is 16.6. The van der Waals surface area contributed by atoms with Crippen molar-refractivity contribution >= 4 is 24.1 Å². The molecule has 0 radical (unpaired) electrons. The van der Waals surface area contributed by atoms with E-state index >= 15 is 0 Å². The molecule has 0 aromatic carbocycles. The van der Waals surface area contributed by atoms with E-state index in [-0.39, 0.29) is 13.2 Å². The Bertz CT molecular complexity index is 1030. The zero-order chi connectivity index (χ0) is 30.7. The molecule has 0 heterocycles. The standard InChI is InChI=1S/C16H25NO4.C14H21NO4/c1-6-20-14(18)12(2)17(11-13-9-7-8-10-13)15(19)21-16(3,4)5;1-10(12(16)17)15(9-11-7-5-6-8-11)13(18)19-14(2,3)4/h7-9,12H,6,10-11H2,1-5H3;5-7,10H,8-9H2,1-4H3,(H,16,17)/t12-;10-/m00/s1. The Balaban J connectivity index is 0.000000402. The van der Waals surface area contributed by atoms with Gasteiger partial charge in [0.1, 0.15) is 23.3 Å². The third-order valence-corrected chi connectivity index (χ3v) is 5.62. The van der Waals surface area contributed by atoms with Gasteiger partial charge in [0.05, 0.1) is 6.61 Å². The van der Waals surface area contributed by atoms with E-state index in [0.29, 0.717) is 6.54 Å². The molecule has 0 aromatic rings. The van der Waals surface area contributed by atoms with Crippen molar-refractivity contribution in [3.63, 3.8) is 0 Å². The van der Waals surface area contributed by atoms with Gasteiger partial charge in [0.25, 0.3) is 0 Å². The molecule has 0 saturated heterocycles. The summed E-state index contributed by atoms with van der Waals surface area (Å²) < 4.78 is 15.7. The SMILES string of the molecule is CCOC(=O)[C@H](C)N(CC1=CC=CC1)C(=O)OC(C)(C)C.C[C@@H](C(=O)O)N(CC1=CC=CC1)C(=O)OC(C)(C)C. The fraction of sp³-hybridized carbons (Fsp3) is 0.600. The molecule has 0 bridgehead atoms. The molecule has 2 rings (SSSR count). The van der Waals surface area contributed by atoms with Crippen LogP contribution in [0.5, 0.6) is 0 Å². The molecular weight excluding hydrogens is 516 g/mol. The van der Waals surface area contributed by atoms with Crippen LogP contribution in [0.2, 0.25) is 0 Å². The zero-order valence-electron chi connectivity index (χ0n) is 25.4. The maximum Gasteiger partial charge on any atom is 0.411 e. The number of ether oxygens (including phenoxy) is 3. The minimum atomic E-state index is -1.04. The lowest BCUT2D eigenvalue weighted by Crippen LogP contribution is -2.47. The minimum Gasteiger partial charge on any atom is -0.480 e. The third-order valence-electron chi connectivity index (χ3n) is 5.62. The first-order valence-corrected chi connectivity index (χ1v) is 13.5. The second-order valence-corrected chi connectivity index (χ2v) is 11.6. The lowest BCUT2D eigenvalue weighted by Gasteiger charge is -2.31. The van der Waals surface area contributed by atoms with Gasteiger partial charge in [-0.15, -0.1) is 0 Å². The number of carbonyl (C=O) groups excluding carboxylic acids is 3. The highest BCUT2D eigenvalue weighted by Gasteiger charge is 2.32. The van der Waals surface area contributed by atoms with E-state index in [1.807, 2.05) is 36.5 Å². The molecule has 10 nitrogen and oxygen atoms in total. The van der Waals surface area contributed by atoms with Gasteiger partial charge in [-0.05, 0) is 86.3 Å². The molecule has 0 aliphatic heterocycles. The molecule has 0 aromatic heterocycles. The number of hydrogen-bond donors (Lipinski definition) is 1. The van der Waals surface area contributed by atoms with Crippen molar-refractivity contribution in [3.05, 3.63) is 47.6 Å². The van der Waals surface area contributed by atoms with Crippen molar-refractivity contribution in [2.24, 2.45) is 0 Å². The van der Waals surface area contributed by atoms with Gasteiger partial charge in [0.15, 0.2) is 0 Å². The molecule has 0 fully saturated rings. The summed E-state index contributed by atoms with van der Waals surface area (Å²) in [7, 11) is 0. The molecule has 10 heteroatoms. The number of esters is 1. The number of carbonyl (C=O) groups is 4. The van der Waals surface area contributed by atoms with Crippen LogP contribution in [0.25, 0.3) is 0 Å². The quantitative estimate of drug-likeness (QED) is 0.283. The third kappa shape index (κ3) is 12.5. The Morgan fingerprint density at radius 1 is 0.800 bits per heavy atom. The molecule has 2 amide bonds. The van der Waals surface area contributed by atoms with Crippen LogP contribution >= 0.6 is 0 Å². The molecule has 40 heavy (non-hydrogen) atoms. The van der Waals surface area contributed by atoms with Gasteiger partial charge < -0.3 is 19.3 Å². The largest absolute Gasteiger partial charge is 0.480 e. The van der Waals surface area contributed by atoms with Crippen LogP contribution in [-0.2, 0) is 23.8 Å². The number of nitrogens with zero attached hydrogens (tertiary/aromatic N) is 2. The number of rotatable bonds is 9. The van der Waals surface area contributed by atoms with Crippen molar-refractivity contribution in [1.29, 1.82) is 0 Å². The van der Waals surface area contributed by atoms with E-state index < -0.39 is 47.4 Å². The number of carboxylic acid groups (broad SMARTS) is 1. The average Bonchev–Trinajstić information content (AvgIpc) is 3.52. The summed E-state index contributed by atoms with van der Waals surface area (Å²) >= 11 is 0. The van der Waals surface area contributed by atoms with Crippen molar-refractivity contribution in [1.82, 2.24) is 9.80 Å². The fourth-order valence-corrected chi connectivity index (χ4v) is 3.54. The van der Waals surface area contributed by atoms with Crippen LogP contribution in [0, 0.1) is 0 Å². The van der Waals surface area contributed by atoms with Crippen molar-refractivity contribution in [2.75, 3.05) is 19.7 Å². The van der Waals surface area contributed by atoms with E-state index in [2.05, 4.69) is 0 Å². The second kappa shape index (κ2) is 15.3. The molecule has 2 aliphatic rings. The number of amides is 2. The predicted molar refractivity (Wildman–Crippen MR) is 153 cm³/mol. The van der Waals surface area contributed by atoms with Gasteiger partial charge >= 0.3 is 24.1 Å². The summed E-state index contributed by atoms with van der Waals surface area (Å²) in [6.45, 7) is 16.5. The normalized spacial score (nSPS) is 15.6. The highest BCUT2D eigenvalue weighted by Crippen LogP contribution is 2.19. The van der Waals surface area contributed by atoms with Gasteiger partial charge in [-0.25, -0.2) is 19.2 Å². The topological polar surface area (TPSA) is 123 Å². The lowest BCUT2D eigenvalue weighted by molar-refractivity contribution is -0.148. The number of hydrogen-bond acceptors (Lipinski definition) is 7. The number of carboxylic acids is 1. The van der Waals surface area contributed by atoms with Crippen LogP contribution in [0.4, 0.5) is 9.59 Å². The maximum atomic E-state index is 12.3. The summed E-state index contributed by atoms with van der Waals surface area (Å²) in [6.07, 6.45) is 12.1. The summed E-state index contributed by atoms with van der Waals surface area (Å²) in [4.78, 5) is 50.1. The maximum absolute atomic E-state index is 12.3. The van der Waals surface area contributed by atoms with Gasteiger partial charge in [-0.1, -0.05) is 36.5 Å². The van der Waals surface area contributed by atoms with E-state index in [0.717, 1.165) is 24.0 Å². The first-order valence-electron chi connectivity index (χ1n) is 13.5. The summed E-state index contributed by atoms with van der Waals surface area (Å²) in [5.74, 6) is -1.47. The first kappa shape index (κ1) is 34.5. The Labute approximate surface area is 238 Å². The molecule has 0 spiro atoms. The highest BCUT2D eigenvalue weighted by molar-refractivity contribution is 5.81. The van der Waals surface area contributed by atoms with Crippen LogP contribution in [-0.4, -0.2) is 82.0 Å². The van der Waals surface area contributed by atoms with Gasteiger partial charge in [-0.3, -0.25) is 9.80 Å². The van der Waals surface area contributed by atoms with Crippen LogP contribution in [0.1, 0.15) is 75.2 Å². The Hall–Kier alpha value is -3.56. The van der Waals surface area contributed by atoms with Gasteiger partial charge in [-0.2, -0.15) is 0 Å².